The maximum atomic E-state index is 12.5. The number of aryl methyl sites for hydroxylation is 3. The Bertz CT molecular complexity index is 988. The molecule has 0 unspecified atom stereocenters. The highest BCUT2D eigenvalue weighted by Gasteiger charge is 2.24. The second kappa shape index (κ2) is 8.08. The number of aromatic nitrogens is 1. The van der Waals surface area contributed by atoms with Crippen LogP contribution in [0, 0.1) is 20.8 Å². The highest BCUT2D eigenvalue weighted by Crippen LogP contribution is 2.23. The lowest BCUT2D eigenvalue weighted by Crippen LogP contribution is -2.30. The van der Waals surface area contributed by atoms with Crippen LogP contribution in [-0.4, -0.2) is 23.0 Å². The predicted molar refractivity (Wildman–Crippen MR) is 106 cm³/mol. The van der Waals surface area contributed by atoms with Gasteiger partial charge < -0.3 is 14.5 Å². The summed E-state index contributed by atoms with van der Waals surface area (Å²) in [4.78, 5) is 29.2. The average Bonchev–Trinajstić information content (AvgIpc) is 3.07. The zero-order chi connectivity index (χ0) is 20.3. The van der Waals surface area contributed by atoms with Crippen LogP contribution in [-0.2, 0) is 9.53 Å². The molecule has 1 heterocycles. The molecule has 0 aliphatic heterocycles. The molecule has 144 valence electrons. The van der Waals surface area contributed by atoms with E-state index in [9.17, 15) is 9.59 Å². The number of carbonyl (C=O) groups is 2. The van der Waals surface area contributed by atoms with Gasteiger partial charge >= 0.3 is 5.97 Å². The van der Waals surface area contributed by atoms with Gasteiger partial charge in [0.2, 0.25) is 5.89 Å². The van der Waals surface area contributed by atoms with Gasteiger partial charge in [-0.1, -0.05) is 36.4 Å². The minimum Gasteiger partial charge on any atom is -0.448 e. The van der Waals surface area contributed by atoms with Crippen molar-refractivity contribution in [2.24, 2.45) is 0 Å². The van der Waals surface area contributed by atoms with E-state index in [1.54, 1.807) is 6.92 Å². The topological polar surface area (TPSA) is 81.4 Å². The van der Waals surface area contributed by atoms with Crippen molar-refractivity contribution in [1.82, 2.24) is 4.98 Å². The Hall–Kier alpha value is -3.41. The minimum absolute atomic E-state index is 0.0607. The Balaban J connectivity index is 1.71. The van der Waals surface area contributed by atoms with E-state index in [-0.39, 0.29) is 5.69 Å². The van der Waals surface area contributed by atoms with Gasteiger partial charge in [-0.15, -0.1) is 0 Å². The summed E-state index contributed by atoms with van der Waals surface area (Å²) in [5.41, 5.74) is 3.41. The lowest BCUT2D eigenvalue weighted by molar-refractivity contribution is -0.123. The van der Waals surface area contributed by atoms with Crippen LogP contribution < -0.4 is 5.32 Å². The monoisotopic (exact) mass is 378 g/mol. The van der Waals surface area contributed by atoms with Gasteiger partial charge in [0.1, 0.15) is 5.76 Å². The SMILES string of the molecule is Cc1cccc(C)c1NC(=O)[C@H](C)OC(=O)c1nc(-c2ccccc2)oc1C. The molecule has 0 aliphatic carbocycles. The van der Waals surface area contributed by atoms with E-state index in [0.717, 1.165) is 22.4 Å². The molecule has 6 heteroatoms. The van der Waals surface area contributed by atoms with Crippen LogP contribution in [0.2, 0.25) is 0 Å². The second-order valence-electron chi connectivity index (χ2n) is 6.59. The molecule has 0 bridgehead atoms. The molecule has 3 rings (SSSR count). The Morgan fingerprint density at radius 3 is 2.29 bits per heavy atom. The van der Waals surface area contributed by atoms with Gasteiger partial charge in [-0.25, -0.2) is 9.78 Å². The molecular weight excluding hydrogens is 356 g/mol. The largest absolute Gasteiger partial charge is 0.448 e. The fourth-order valence-electron chi connectivity index (χ4n) is 2.80. The predicted octanol–water partition coefficient (Wildman–Crippen LogP) is 4.45. The number of rotatable bonds is 5. The number of ether oxygens (including phenoxy) is 1. The Morgan fingerprint density at radius 1 is 1.00 bits per heavy atom. The summed E-state index contributed by atoms with van der Waals surface area (Å²) in [6, 6.07) is 15.0. The third-order valence-corrected chi connectivity index (χ3v) is 4.39. The number of benzene rings is 2. The summed E-state index contributed by atoms with van der Waals surface area (Å²) < 4.78 is 10.9. The number of para-hydroxylation sites is 1. The average molecular weight is 378 g/mol. The Labute approximate surface area is 163 Å². The molecule has 1 amide bonds. The molecule has 28 heavy (non-hydrogen) atoms. The quantitative estimate of drug-likeness (QED) is 0.663. The third kappa shape index (κ3) is 4.11. The van der Waals surface area contributed by atoms with Gasteiger partial charge in [0, 0.05) is 11.3 Å². The molecule has 1 atom stereocenters. The number of nitrogens with one attached hydrogen (secondary N) is 1. The van der Waals surface area contributed by atoms with Crippen LogP contribution in [0.4, 0.5) is 5.69 Å². The Kier molecular flexibility index (Phi) is 5.59. The van der Waals surface area contributed by atoms with Gasteiger partial charge in [0.15, 0.2) is 11.8 Å². The molecular formula is C22H22N2O4. The van der Waals surface area contributed by atoms with E-state index in [2.05, 4.69) is 10.3 Å². The highest BCUT2D eigenvalue weighted by atomic mass is 16.5. The molecule has 0 fully saturated rings. The molecule has 2 aromatic carbocycles. The first-order valence-electron chi connectivity index (χ1n) is 8.97. The van der Waals surface area contributed by atoms with Crippen LogP contribution >= 0.6 is 0 Å². The maximum Gasteiger partial charge on any atom is 0.361 e. The summed E-state index contributed by atoms with van der Waals surface area (Å²) in [6.07, 6.45) is -0.984. The molecule has 0 aliphatic rings. The van der Waals surface area contributed by atoms with Gasteiger partial charge in [-0.05, 0) is 51.0 Å². The van der Waals surface area contributed by atoms with Crippen molar-refractivity contribution in [3.8, 4) is 11.5 Å². The number of esters is 1. The molecule has 0 spiro atoms. The van der Waals surface area contributed by atoms with Crippen molar-refractivity contribution in [3.05, 3.63) is 71.1 Å². The number of oxazole rings is 1. The summed E-state index contributed by atoms with van der Waals surface area (Å²) in [5.74, 6) is -0.438. The van der Waals surface area contributed by atoms with Crippen LogP contribution in [0.3, 0.4) is 0 Å². The first-order chi connectivity index (χ1) is 13.4. The zero-order valence-electron chi connectivity index (χ0n) is 16.3. The van der Waals surface area contributed by atoms with Crippen LogP contribution in [0.25, 0.3) is 11.5 Å². The first kappa shape index (κ1) is 19.4. The number of anilines is 1. The molecule has 1 N–H and O–H groups in total. The lowest BCUT2D eigenvalue weighted by atomic mass is 10.1. The second-order valence-corrected chi connectivity index (χ2v) is 6.59. The van der Waals surface area contributed by atoms with Crippen molar-refractivity contribution in [3.63, 3.8) is 0 Å². The molecule has 3 aromatic rings. The normalized spacial score (nSPS) is 11.7. The van der Waals surface area contributed by atoms with E-state index in [1.165, 1.54) is 6.92 Å². The van der Waals surface area contributed by atoms with Crippen molar-refractivity contribution in [1.29, 1.82) is 0 Å². The van der Waals surface area contributed by atoms with Gasteiger partial charge in [0.05, 0.1) is 0 Å². The van der Waals surface area contributed by atoms with E-state index in [4.69, 9.17) is 9.15 Å². The third-order valence-electron chi connectivity index (χ3n) is 4.39. The highest BCUT2D eigenvalue weighted by molar-refractivity contribution is 5.98. The molecule has 0 saturated heterocycles. The molecule has 0 saturated carbocycles. The van der Waals surface area contributed by atoms with E-state index >= 15 is 0 Å². The molecule has 0 radical (unpaired) electrons. The van der Waals surface area contributed by atoms with E-state index < -0.39 is 18.0 Å². The standard InChI is InChI=1S/C22H22N2O4/c1-13-9-8-10-14(2)18(13)23-20(25)16(4)28-22(26)19-15(3)27-21(24-19)17-11-6-5-7-12-17/h5-12,16H,1-4H3,(H,23,25)/t16-/m0/s1. The van der Waals surface area contributed by atoms with Gasteiger partial charge in [-0.3, -0.25) is 4.79 Å². The maximum absolute atomic E-state index is 12.5. The number of amides is 1. The zero-order valence-corrected chi connectivity index (χ0v) is 16.3. The molecule has 6 nitrogen and oxygen atoms in total. The van der Waals surface area contributed by atoms with Gasteiger partial charge in [-0.2, -0.15) is 0 Å². The smallest absolute Gasteiger partial charge is 0.361 e. The van der Waals surface area contributed by atoms with Crippen molar-refractivity contribution < 1.29 is 18.7 Å². The van der Waals surface area contributed by atoms with Crippen LogP contribution in [0.5, 0.6) is 0 Å². The fraction of sp³-hybridized carbons (Fsp3) is 0.227. The van der Waals surface area contributed by atoms with Crippen LogP contribution in [0.15, 0.2) is 52.9 Å². The van der Waals surface area contributed by atoms with E-state index in [0.29, 0.717) is 11.7 Å². The van der Waals surface area contributed by atoms with Crippen molar-refractivity contribution in [2.75, 3.05) is 5.32 Å². The fourth-order valence-corrected chi connectivity index (χ4v) is 2.80. The minimum atomic E-state index is -0.984. The van der Waals surface area contributed by atoms with Crippen molar-refractivity contribution in [2.45, 2.75) is 33.8 Å². The number of nitrogens with zero attached hydrogens (tertiary/aromatic N) is 1. The summed E-state index contributed by atoms with van der Waals surface area (Å²) in [5, 5.41) is 2.82. The first-order valence-corrected chi connectivity index (χ1v) is 8.97. The summed E-state index contributed by atoms with van der Waals surface area (Å²) in [6.45, 7) is 6.97. The number of hydrogen-bond acceptors (Lipinski definition) is 5. The summed E-state index contributed by atoms with van der Waals surface area (Å²) in [7, 11) is 0. The van der Waals surface area contributed by atoms with Gasteiger partial charge in [0.25, 0.3) is 5.91 Å². The Morgan fingerprint density at radius 2 is 1.64 bits per heavy atom. The number of hydrogen-bond donors (Lipinski definition) is 1. The molecule has 1 aromatic heterocycles. The van der Waals surface area contributed by atoms with E-state index in [1.807, 2.05) is 62.4 Å². The van der Waals surface area contributed by atoms with Crippen molar-refractivity contribution >= 4 is 17.6 Å². The summed E-state index contributed by atoms with van der Waals surface area (Å²) >= 11 is 0. The lowest BCUT2D eigenvalue weighted by Gasteiger charge is -2.15. The number of carbonyl (C=O) groups excluding carboxylic acids is 2. The van der Waals surface area contributed by atoms with Crippen LogP contribution in [0.1, 0.15) is 34.3 Å².